The highest BCUT2D eigenvalue weighted by molar-refractivity contribution is 6.31. The summed E-state index contributed by atoms with van der Waals surface area (Å²) in [6.07, 6.45) is 1.53. The van der Waals surface area contributed by atoms with Gasteiger partial charge in [0.05, 0.1) is 4.92 Å². The molecule has 0 aliphatic rings. The maximum Gasteiger partial charge on any atom is 0.345 e. The first-order valence-electron chi connectivity index (χ1n) is 8.31. The molecular formula is C19H19ClN2O5. The lowest BCUT2D eigenvalue weighted by atomic mass is 10.1. The number of halogens is 1. The fourth-order valence-electron chi connectivity index (χ4n) is 2.45. The molecule has 8 heteroatoms. The number of esters is 1. The van der Waals surface area contributed by atoms with Crippen LogP contribution >= 0.6 is 11.6 Å². The van der Waals surface area contributed by atoms with E-state index in [-0.39, 0.29) is 16.6 Å². The monoisotopic (exact) mass is 390 g/mol. The van der Waals surface area contributed by atoms with Gasteiger partial charge in [0.1, 0.15) is 5.56 Å². The molecule has 0 aliphatic carbocycles. The van der Waals surface area contributed by atoms with E-state index in [1.54, 1.807) is 0 Å². The van der Waals surface area contributed by atoms with Gasteiger partial charge in [0, 0.05) is 17.1 Å². The van der Waals surface area contributed by atoms with Crippen LogP contribution in [0.5, 0.6) is 0 Å². The zero-order valence-corrected chi connectivity index (χ0v) is 15.4. The molecule has 7 nitrogen and oxygen atoms in total. The number of rotatable bonds is 8. The topological polar surface area (TPSA) is 98.5 Å². The molecule has 0 aliphatic heterocycles. The third kappa shape index (κ3) is 6.38. The Kier molecular flexibility index (Phi) is 7.31. The van der Waals surface area contributed by atoms with E-state index in [1.165, 1.54) is 17.7 Å². The van der Waals surface area contributed by atoms with Gasteiger partial charge in [-0.05, 0) is 37.5 Å². The lowest BCUT2D eigenvalue weighted by Gasteiger charge is -2.14. The van der Waals surface area contributed by atoms with Crippen molar-refractivity contribution in [2.45, 2.75) is 25.8 Å². The molecule has 0 bridgehead atoms. The van der Waals surface area contributed by atoms with Gasteiger partial charge in [-0.15, -0.1) is 0 Å². The van der Waals surface area contributed by atoms with Gasteiger partial charge in [-0.2, -0.15) is 0 Å². The van der Waals surface area contributed by atoms with Crippen LogP contribution in [0.2, 0.25) is 5.02 Å². The lowest BCUT2D eigenvalue weighted by molar-refractivity contribution is -0.385. The quantitative estimate of drug-likeness (QED) is 0.422. The zero-order valence-electron chi connectivity index (χ0n) is 14.7. The number of ether oxygens (including phenoxy) is 1. The van der Waals surface area contributed by atoms with Crippen LogP contribution in [0.1, 0.15) is 29.3 Å². The average molecular weight is 391 g/mol. The third-order valence-corrected chi connectivity index (χ3v) is 4.06. The Balaban J connectivity index is 1.83. The summed E-state index contributed by atoms with van der Waals surface area (Å²) >= 11 is 5.70. The van der Waals surface area contributed by atoms with Crippen LogP contribution < -0.4 is 5.32 Å². The number of nitro groups is 1. The molecule has 2 rings (SSSR count). The normalized spacial score (nSPS) is 11.5. The van der Waals surface area contributed by atoms with E-state index in [1.807, 2.05) is 37.3 Å². The Hall–Kier alpha value is -2.93. The van der Waals surface area contributed by atoms with Crippen molar-refractivity contribution >= 4 is 29.2 Å². The van der Waals surface area contributed by atoms with Crippen LogP contribution in [-0.2, 0) is 16.0 Å². The second-order valence-corrected chi connectivity index (χ2v) is 6.42. The lowest BCUT2D eigenvalue weighted by Crippen LogP contribution is -2.36. The molecular weight excluding hydrogens is 372 g/mol. The summed E-state index contributed by atoms with van der Waals surface area (Å²) in [5.41, 5.74) is 0.443. The molecule has 0 saturated carbocycles. The van der Waals surface area contributed by atoms with Crippen molar-refractivity contribution < 1.29 is 19.2 Å². The van der Waals surface area contributed by atoms with Crippen LogP contribution in [0.15, 0.2) is 48.5 Å². The molecule has 142 valence electrons. The second-order valence-electron chi connectivity index (χ2n) is 5.99. The molecule has 27 heavy (non-hydrogen) atoms. The fraction of sp³-hybridized carbons (Fsp3) is 0.263. The number of carbonyl (C=O) groups is 2. The van der Waals surface area contributed by atoms with Gasteiger partial charge in [-0.1, -0.05) is 41.9 Å². The van der Waals surface area contributed by atoms with Crippen molar-refractivity contribution in [2.24, 2.45) is 0 Å². The summed E-state index contributed by atoms with van der Waals surface area (Å²) in [5, 5.41) is 13.9. The predicted molar refractivity (Wildman–Crippen MR) is 101 cm³/mol. The van der Waals surface area contributed by atoms with E-state index in [9.17, 15) is 19.7 Å². The SMILES string of the molecule is C[C@@H](CCc1ccccc1)NC(=O)COC(=O)c1ccc(Cl)cc1[N+](=O)[O-]. The van der Waals surface area contributed by atoms with E-state index >= 15 is 0 Å². The van der Waals surface area contributed by atoms with Crippen LogP contribution in [0, 0.1) is 10.1 Å². The van der Waals surface area contributed by atoms with E-state index < -0.39 is 29.1 Å². The van der Waals surface area contributed by atoms with Crippen molar-refractivity contribution in [2.75, 3.05) is 6.61 Å². The molecule has 1 N–H and O–H groups in total. The van der Waals surface area contributed by atoms with Crippen molar-refractivity contribution in [3.63, 3.8) is 0 Å². The van der Waals surface area contributed by atoms with E-state index in [0.717, 1.165) is 18.9 Å². The summed E-state index contributed by atoms with van der Waals surface area (Å²) in [6.45, 7) is 1.33. The minimum atomic E-state index is -0.953. The third-order valence-electron chi connectivity index (χ3n) is 3.83. The largest absolute Gasteiger partial charge is 0.452 e. The first-order valence-corrected chi connectivity index (χ1v) is 8.69. The number of hydrogen-bond acceptors (Lipinski definition) is 5. The smallest absolute Gasteiger partial charge is 0.345 e. The Bertz CT molecular complexity index is 826. The van der Waals surface area contributed by atoms with Crippen LogP contribution in [-0.4, -0.2) is 29.4 Å². The van der Waals surface area contributed by atoms with Gasteiger partial charge in [-0.25, -0.2) is 4.79 Å². The molecule has 0 fully saturated rings. The number of carbonyl (C=O) groups excluding carboxylic acids is 2. The Morgan fingerprint density at radius 2 is 1.93 bits per heavy atom. The van der Waals surface area contributed by atoms with Gasteiger partial charge in [0.2, 0.25) is 0 Å². The molecule has 0 heterocycles. The van der Waals surface area contributed by atoms with Crippen LogP contribution in [0.25, 0.3) is 0 Å². The standard InChI is InChI=1S/C19H19ClN2O5/c1-13(7-8-14-5-3-2-4-6-14)21-18(23)12-27-19(24)16-10-9-15(20)11-17(16)22(25)26/h2-6,9-11,13H,7-8,12H2,1H3,(H,21,23)/t13-/m0/s1. The van der Waals surface area contributed by atoms with E-state index in [2.05, 4.69) is 5.32 Å². The highest BCUT2D eigenvalue weighted by Crippen LogP contribution is 2.23. The number of benzene rings is 2. The van der Waals surface area contributed by atoms with Gasteiger partial charge in [-0.3, -0.25) is 14.9 Å². The molecule has 2 aromatic carbocycles. The minimum Gasteiger partial charge on any atom is -0.452 e. The molecule has 1 amide bonds. The Morgan fingerprint density at radius 1 is 1.22 bits per heavy atom. The zero-order chi connectivity index (χ0) is 19.8. The summed E-state index contributed by atoms with van der Waals surface area (Å²) < 4.78 is 4.89. The highest BCUT2D eigenvalue weighted by atomic mass is 35.5. The van der Waals surface area contributed by atoms with Gasteiger partial charge >= 0.3 is 5.97 Å². The molecule has 1 atom stereocenters. The molecule has 0 spiro atoms. The molecule has 0 unspecified atom stereocenters. The summed E-state index contributed by atoms with van der Waals surface area (Å²) in [4.78, 5) is 34.2. The molecule has 0 aromatic heterocycles. The summed E-state index contributed by atoms with van der Waals surface area (Å²) in [7, 11) is 0. The number of nitrogens with zero attached hydrogens (tertiary/aromatic N) is 1. The van der Waals surface area contributed by atoms with Gasteiger partial charge in [0.15, 0.2) is 6.61 Å². The van der Waals surface area contributed by atoms with Crippen molar-refractivity contribution in [3.05, 3.63) is 74.8 Å². The number of nitrogens with one attached hydrogen (secondary N) is 1. The Morgan fingerprint density at radius 3 is 2.59 bits per heavy atom. The Labute approximate surface area is 161 Å². The predicted octanol–water partition coefficient (Wildman–Crippen LogP) is 3.54. The second kappa shape index (κ2) is 9.68. The van der Waals surface area contributed by atoms with E-state index in [0.29, 0.717) is 0 Å². The summed E-state index contributed by atoms with van der Waals surface area (Å²) in [5.74, 6) is -1.43. The molecule has 0 radical (unpaired) electrons. The fourth-order valence-corrected chi connectivity index (χ4v) is 2.62. The summed E-state index contributed by atoms with van der Waals surface area (Å²) in [6, 6.07) is 13.4. The van der Waals surface area contributed by atoms with Crippen molar-refractivity contribution in [1.29, 1.82) is 0 Å². The number of hydrogen-bond donors (Lipinski definition) is 1. The van der Waals surface area contributed by atoms with Crippen LogP contribution in [0.4, 0.5) is 5.69 Å². The van der Waals surface area contributed by atoms with Gasteiger partial charge < -0.3 is 10.1 Å². The highest BCUT2D eigenvalue weighted by Gasteiger charge is 2.22. The first-order chi connectivity index (χ1) is 12.9. The number of nitro benzene ring substituents is 1. The average Bonchev–Trinajstić information content (AvgIpc) is 2.65. The minimum absolute atomic E-state index is 0.110. The van der Waals surface area contributed by atoms with Gasteiger partial charge in [0.25, 0.3) is 11.6 Å². The van der Waals surface area contributed by atoms with Crippen LogP contribution in [0.3, 0.4) is 0 Å². The maximum atomic E-state index is 12.0. The van der Waals surface area contributed by atoms with Crippen molar-refractivity contribution in [3.8, 4) is 0 Å². The number of aryl methyl sites for hydroxylation is 1. The maximum absolute atomic E-state index is 12.0. The number of amides is 1. The van der Waals surface area contributed by atoms with Crippen molar-refractivity contribution in [1.82, 2.24) is 5.32 Å². The first kappa shape index (κ1) is 20.4. The molecule has 0 saturated heterocycles. The van der Waals surface area contributed by atoms with E-state index in [4.69, 9.17) is 16.3 Å². The molecule has 2 aromatic rings.